The van der Waals surface area contributed by atoms with Crippen LogP contribution in [0.5, 0.6) is 0 Å². The van der Waals surface area contributed by atoms with Gasteiger partial charge in [0.1, 0.15) is 12.6 Å². The maximum Gasteiger partial charge on any atom is 0.264 e. The number of para-hydroxylation sites is 1. The molecular formula is C35H37Cl2N3O4S. The molecule has 0 aliphatic rings. The van der Waals surface area contributed by atoms with E-state index in [1.54, 1.807) is 60.7 Å². The zero-order valence-corrected chi connectivity index (χ0v) is 27.8. The van der Waals surface area contributed by atoms with Gasteiger partial charge < -0.3 is 10.2 Å². The molecule has 1 N–H and O–H groups in total. The molecule has 0 spiro atoms. The summed E-state index contributed by atoms with van der Waals surface area (Å²) >= 11 is 13.1. The summed E-state index contributed by atoms with van der Waals surface area (Å²) in [6.45, 7) is 5.08. The average molecular weight is 667 g/mol. The molecule has 0 aliphatic heterocycles. The Labute approximate surface area is 275 Å². The Morgan fingerprint density at radius 3 is 2.04 bits per heavy atom. The maximum absolute atomic E-state index is 14.5. The summed E-state index contributed by atoms with van der Waals surface area (Å²) in [4.78, 5) is 29.9. The van der Waals surface area contributed by atoms with Crippen LogP contribution in [-0.2, 0) is 32.6 Å². The van der Waals surface area contributed by atoms with Crippen LogP contribution < -0.4 is 9.62 Å². The first-order chi connectivity index (χ1) is 21.5. The monoisotopic (exact) mass is 665 g/mol. The first-order valence-corrected chi connectivity index (χ1v) is 16.9. The van der Waals surface area contributed by atoms with Crippen molar-refractivity contribution in [3.05, 3.63) is 130 Å². The zero-order valence-electron chi connectivity index (χ0n) is 25.5. The largest absolute Gasteiger partial charge is 0.352 e. The predicted octanol–water partition coefficient (Wildman–Crippen LogP) is 7.05. The summed E-state index contributed by atoms with van der Waals surface area (Å²) in [6, 6.07) is 28.2. The number of anilines is 1. The van der Waals surface area contributed by atoms with Crippen molar-refractivity contribution in [2.45, 2.75) is 57.1 Å². The van der Waals surface area contributed by atoms with Crippen molar-refractivity contribution in [1.29, 1.82) is 0 Å². The molecule has 45 heavy (non-hydrogen) atoms. The molecule has 7 nitrogen and oxygen atoms in total. The van der Waals surface area contributed by atoms with Gasteiger partial charge in [-0.05, 0) is 61.7 Å². The quantitative estimate of drug-likeness (QED) is 0.166. The molecule has 0 fully saturated rings. The Bertz CT molecular complexity index is 1720. The van der Waals surface area contributed by atoms with Crippen molar-refractivity contribution in [1.82, 2.24) is 10.2 Å². The van der Waals surface area contributed by atoms with E-state index in [-0.39, 0.29) is 40.5 Å². The lowest BCUT2D eigenvalue weighted by Crippen LogP contribution is -2.54. The van der Waals surface area contributed by atoms with Gasteiger partial charge in [0.25, 0.3) is 10.0 Å². The highest BCUT2D eigenvalue weighted by molar-refractivity contribution is 7.92. The topological polar surface area (TPSA) is 86.8 Å². The van der Waals surface area contributed by atoms with Crippen LogP contribution in [-0.4, -0.2) is 43.8 Å². The molecule has 2 amide bonds. The minimum atomic E-state index is -4.26. The highest BCUT2D eigenvalue weighted by Crippen LogP contribution is 2.31. The van der Waals surface area contributed by atoms with Crippen molar-refractivity contribution in [2.24, 2.45) is 0 Å². The molecule has 0 saturated carbocycles. The van der Waals surface area contributed by atoms with E-state index in [0.29, 0.717) is 17.0 Å². The van der Waals surface area contributed by atoms with E-state index in [1.165, 1.54) is 17.0 Å². The molecular weight excluding hydrogens is 629 g/mol. The summed E-state index contributed by atoms with van der Waals surface area (Å²) in [5.41, 5.74) is 2.49. The third-order valence-electron chi connectivity index (χ3n) is 7.58. The normalized spacial score (nSPS) is 12.6. The van der Waals surface area contributed by atoms with Gasteiger partial charge in [-0.25, -0.2) is 8.42 Å². The van der Waals surface area contributed by atoms with E-state index < -0.39 is 28.5 Å². The maximum atomic E-state index is 14.5. The molecule has 10 heteroatoms. The molecule has 4 rings (SSSR count). The number of carbonyl (C=O) groups is 2. The van der Waals surface area contributed by atoms with E-state index in [9.17, 15) is 18.0 Å². The predicted molar refractivity (Wildman–Crippen MR) is 181 cm³/mol. The number of aryl methyl sites for hydroxylation is 1. The highest BCUT2D eigenvalue weighted by Gasteiger charge is 2.35. The SMILES string of the molecule is CC[C@@H](C)NC(=O)[C@@H](Cc1ccccc1)N(Cc1ccccc1Cl)C(=O)CN(c1ccccc1Cl)S(=O)(=O)c1ccc(C)cc1. The Hall–Kier alpha value is -3.85. The van der Waals surface area contributed by atoms with Gasteiger partial charge in [-0.3, -0.25) is 13.9 Å². The van der Waals surface area contributed by atoms with Crippen molar-refractivity contribution >= 4 is 50.7 Å². The van der Waals surface area contributed by atoms with Gasteiger partial charge in [0.05, 0.1) is 15.6 Å². The molecule has 236 valence electrons. The standard InChI is InChI=1S/C35H37Cl2N3O4S/c1-4-26(3)38-35(42)33(22-27-12-6-5-7-13-27)39(23-28-14-8-9-15-30(28)36)34(41)24-40(32-17-11-10-16-31(32)37)45(43,44)29-20-18-25(2)19-21-29/h5-21,26,33H,4,22-24H2,1-3H3,(H,38,42)/t26-,33-/m1/s1. The lowest BCUT2D eigenvalue weighted by atomic mass is 10.0. The number of sulfonamides is 1. The minimum Gasteiger partial charge on any atom is -0.352 e. The highest BCUT2D eigenvalue weighted by atomic mass is 35.5. The number of hydrogen-bond donors (Lipinski definition) is 1. The number of nitrogens with zero attached hydrogens (tertiary/aromatic N) is 2. The van der Waals surface area contributed by atoms with Crippen LogP contribution in [0.25, 0.3) is 0 Å². The third-order valence-corrected chi connectivity index (χ3v) is 10.0. The lowest BCUT2D eigenvalue weighted by molar-refractivity contribution is -0.140. The van der Waals surface area contributed by atoms with Crippen LogP contribution in [0.1, 0.15) is 37.0 Å². The molecule has 0 aromatic heterocycles. The lowest BCUT2D eigenvalue weighted by Gasteiger charge is -2.34. The Morgan fingerprint density at radius 2 is 1.42 bits per heavy atom. The molecule has 0 bridgehead atoms. The minimum absolute atomic E-state index is 0.00817. The fraction of sp³-hybridized carbons (Fsp3) is 0.257. The summed E-state index contributed by atoms with van der Waals surface area (Å²) in [5, 5.41) is 3.61. The second-order valence-corrected chi connectivity index (χ2v) is 13.6. The molecule has 0 saturated heterocycles. The van der Waals surface area contributed by atoms with E-state index in [2.05, 4.69) is 5.32 Å². The molecule has 0 aliphatic carbocycles. The fourth-order valence-corrected chi connectivity index (χ4v) is 6.73. The van der Waals surface area contributed by atoms with Gasteiger partial charge in [-0.15, -0.1) is 0 Å². The number of benzene rings is 4. The van der Waals surface area contributed by atoms with Gasteiger partial charge in [-0.2, -0.15) is 0 Å². The Kier molecular flexibility index (Phi) is 11.7. The fourth-order valence-electron chi connectivity index (χ4n) is 4.81. The molecule has 0 unspecified atom stereocenters. The number of rotatable bonds is 13. The molecule has 0 heterocycles. The van der Waals surface area contributed by atoms with Gasteiger partial charge in [0.15, 0.2) is 0 Å². The van der Waals surface area contributed by atoms with Gasteiger partial charge in [-0.1, -0.05) is 108 Å². The number of nitrogens with one attached hydrogen (secondary N) is 1. The smallest absolute Gasteiger partial charge is 0.264 e. The molecule has 4 aromatic rings. The van der Waals surface area contributed by atoms with E-state index in [1.807, 2.05) is 51.1 Å². The van der Waals surface area contributed by atoms with Crippen LogP contribution in [0.15, 0.2) is 108 Å². The Morgan fingerprint density at radius 1 is 0.822 bits per heavy atom. The van der Waals surface area contributed by atoms with Gasteiger partial charge >= 0.3 is 0 Å². The first kappa shape index (κ1) is 34.0. The van der Waals surface area contributed by atoms with E-state index >= 15 is 0 Å². The number of halogens is 2. The number of carbonyl (C=O) groups excluding carboxylic acids is 2. The molecule has 0 radical (unpaired) electrons. The zero-order chi connectivity index (χ0) is 32.6. The van der Waals surface area contributed by atoms with Crippen LogP contribution in [0.4, 0.5) is 5.69 Å². The van der Waals surface area contributed by atoms with Crippen LogP contribution in [0, 0.1) is 6.92 Å². The van der Waals surface area contributed by atoms with Gasteiger partial charge in [0.2, 0.25) is 11.8 Å². The van der Waals surface area contributed by atoms with Crippen LogP contribution in [0.3, 0.4) is 0 Å². The first-order valence-electron chi connectivity index (χ1n) is 14.7. The molecule has 2 atom stereocenters. The number of hydrogen-bond acceptors (Lipinski definition) is 4. The van der Waals surface area contributed by atoms with Crippen LogP contribution >= 0.6 is 23.2 Å². The van der Waals surface area contributed by atoms with Crippen molar-refractivity contribution in [3.8, 4) is 0 Å². The molecule has 4 aromatic carbocycles. The van der Waals surface area contributed by atoms with E-state index in [4.69, 9.17) is 23.2 Å². The summed E-state index contributed by atoms with van der Waals surface area (Å²) in [7, 11) is -4.26. The summed E-state index contributed by atoms with van der Waals surface area (Å²) < 4.78 is 29.3. The summed E-state index contributed by atoms with van der Waals surface area (Å²) in [6.07, 6.45) is 0.896. The second-order valence-electron chi connectivity index (χ2n) is 10.9. The third kappa shape index (κ3) is 8.66. The Balaban J connectivity index is 1.83. The average Bonchev–Trinajstić information content (AvgIpc) is 3.03. The number of amides is 2. The van der Waals surface area contributed by atoms with E-state index in [0.717, 1.165) is 15.4 Å². The van der Waals surface area contributed by atoms with Crippen molar-refractivity contribution < 1.29 is 18.0 Å². The second kappa shape index (κ2) is 15.4. The van der Waals surface area contributed by atoms with Crippen molar-refractivity contribution in [3.63, 3.8) is 0 Å². The van der Waals surface area contributed by atoms with Crippen molar-refractivity contribution in [2.75, 3.05) is 10.8 Å². The van der Waals surface area contributed by atoms with Crippen LogP contribution in [0.2, 0.25) is 10.0 Å². The van der Waals surface area contributed by atoms with Gasteiger partial charge in [0, 0.05) is 24.0 Å². The summed E-state index contributed by atoms with van der Waals surface area (Å²) in [5.74, 6) is -0.940.